The van der Waals surface area contributed by atoms with Crippen LogP contribution in [0, 0.1) is 0 Å². The van der Waals surface area contributed by atoms with Gasteiger partial charge in [0.15, 0.2) is 0 Å². The first-order valence-corrected chi connectivity index (χ1v) is 5.77. The Balaban J connectivity index is 2.21. The normalized spacial score (nSPS) is 21.1. The van der Waals surface area contributed by atoms with Gasteiger partial charge in [0, 0.05) is 26.7 Å². The number of hydrogen-bond acceptors (Lipinski definition) is 4. The maximum atomic E-state index is 11.6. The molecule has 1 aliphatic heterocycles. The molecular formula is C11H22N2O3. The van der Waals surface area contributed by atoms with Gasteiger partial charge in [-0.2, -0.15) is 0 Å². The SMILES string of the molecule is CC(C)OCC(=O)N(C)CC1CNCCO1. The second kappa shape index (κ2) is 6.83. The second-order valence-corrected chi connectivity index (χ2v) is 4.33. The average molecular weight is 230 g/mol. The first kappa shape index (κ1) is 13.4. The third-order valence-electron chi connectivity index (χ3n) is 2.45. The van der Waals surface area contributed by atoms with E-state index in [4.69, 9.17) is 9.47 Å². The van der Waals surface area contributed by atoms with Crippen LogP contribution in [0.2, 0.25) is 0 Å². The first-order valence-electron chi connectivity index (χ1n) is 5.77. The van der Waals surface area contributed by atoms with Crippen molar-refractivity contribution in [2.24, 2.45) is 0 Å². The molecule has 16 heavy (non-hydrogen) atoms. The molecule has 5 heteroatoms. The van der Waals surface area contributed by atoms with Gasteiger partial charge in [0.1, 0.15) is 6.61 Å². The summed E-state index contributed by atoms with van der Waals surface area (Å²) in [5.74, 6) is 0.00266. The molecule has 1 aliphatic rings. The summed E-state index contributed by atoms with van der Waals surface area (Å²) in [5.41, 5.74) is 0. The van der Waals surface area contributed by atoms with Crippen molar-refractivity contribution in [3.8, 4) is 0 Å². The summed E-state index contributed by atoms with van der Waals surface area (Å²) in [6, 6.07) is 0. The van der Waals surface area contributed by atoms with Crippen LogP contribution in [0.5, 0.6) is 0 Å². The lowest BCUT2D eigenvalue weighted by Crippen LogP contribution is -2.46. The molecular weight excluding hydrogens is 208 g/mol. The lowest BCUT2D eigenvalue weighted by Gasteiger charge is -2.28. The van der Waals surface area contributed by atoms with Gasteiger partial charge in [0.25, 0.3) is 0 Å². The van der Waals surface area contributed by atoms with Gasteiger partial charge in [-0.3, -0.25) is 4.79 Å². The highest BCUT2D eigenvalue weighted by Crippen LogP contribution is 1.99. The number of hydrogen-bond donors (Lipinski definition) is 1. The third-order valence-corrected chi connectivity index (χ3v) is 2.45. The molecule has 1 saturated heterocycles. The molecule has 0 bridgehead atoms. The van der Waals surface area contributed by atoms with E-state index in [0.717, 1.165) is 19.7 Å². The summed E-state index contributed by atoms with van der Waals surface area (Å²) >= 11 is 0. The minimum absolute atomic E-state index is 0.00266. The molecule has 1 N–H and O–H groups in total. The molecule has 0 radical (unpaired) electrons. The van der Waals surface area contributed by atoms with Crippen LogP contribution in [0.4, 0.5) is 0 Å². The number of amides is 1. The first-order chi connectivity index (χ1) is 7.59. The topological polar surface area (TPSA) is 50.8 Å². The maximum absolute atomic E-state index is 11.6. The third kappa shape index (κ3) is 4.92. The molecule has 5 nitrogen and oxygen atoms in total. The van der Waals surface area contributed by atoms with E-state index in [1.54, 1.807) is 11.9 Å². The highest BCUT2D eigenvalue weighted by molar-refractivity contribution is 5.77. The Bertz CT molecular complexity index is 215. The molecule has 1 amide bonds. The average Bonchev–Trinajstić information content (AvgIpc) is 2.27. The number of nitrogens with zero attached hydrogens (tertiary/aromatic N) is 1. The smallest absolute Gasteiger partial charge is 0.248 e. The van der Waals surface area contributed by atoms with Gasteiger partial charge < -0.3 is 19.7 Å². The fraction of sp³-hybridized carbons (Fsp3) is 0.909. The Hall–Kier alpha value is -0.650. The summed E-state index contributed by atoms with van der Waals surface area (Å²) in [4.78, 5) is 13.3. The molecule has 1 unspecified atom stereocenters. The standard InChI is InChI=1S/C11H22N2O3/c1-9(2)16-8-11(14)13(3)7-10-6-12-4-5-15-10/h9-10,12H,4-8H2,1-3H3. The Morgan fingerprint density at radius 1 is 1.62 bits per heavy atom. The van der Waals surface area contributed by atoms with Gasteiger partial charge in [-0.15, -0.1) is 0 Å². The zero-order valence-corrected chi connectivity index (χ0v) is 10.4. The van der Waals surface area contributed by atoms with E-state index in [1.165, 1.54) is 0 Å². The zero-order valence-electron chi connectivity index (χ0n) is 10.4. The number of ether oxygens (including phenoxy) is 2. The predicted octanol–water partition coefficient (Wildman–Crippen LogP) is -0.142. The highest BCUT2D eigenvalue weighted by atomic mass is 16.5. The Morgan fingerprint density at radius 3 is 2.94 bits per heavy atom. The maximum Gasteiger partial charge on any atom is 0.248 e. The minimum Gasteiger partial charge on any atom is -0.374 e. The van der Waals surface area contributed by atoms with E-state index >= 15 is 0 Å². The molecule has 1 rings (SSSR count). The van der Waals surface area contributed by atoms with Gasteiger partial charge >= 0.3 is 0 Å². The van der Waals surface area contributed by atoms with Gasteiger partial charge in [-0.05, 0) is 13.8 Å². The summed E-state index contributed by atoms with van der Waals surface area (Å²) in [7, 11) is 1.78. The van der Waals surface area contributed by atoms with Gasteiger partial charge in [0.05, 0.1) is 18.8 Å². The number of carbonyl (C=O) groups is 1. The van der Waals surface area contributed by atoms with Crippen LogP contribution in [0.3, 0.4) is 0 Å². The van der Waals surface area contributed by atoms with Crippen molar-refractivity contribution in [3.05, 3.63) is 0 Å². The molecule has 0 spiro atoms. The van der Waals surface area contributed by atoms with Crippen molar-refractivity contribution in [1.29, 1.82) is 0 Å². The molecule has 0 aromatic rings. The largest absolute Gasteiger partial charge is 0.374 e. The monoisotopic (exact) mass is 230 g/mol. The summed E-state index contributed by atoms with van der Waals surface area (Å²) in [6.45, 7) is 7.02. The van der Waals surface area contributed by atoms with Crippen LogP contribution in [0.25, 0.3) is 0 Å². The summed E-state index contributed by atoms with van der Waals surface area (Å²) < 4.78 is 10.8. The molecule has 0 saturated carbocycles. The lowest BCUT2D eigenvalue weighted by molar-refractivity contribution is -0.138. The van der Waals surface area contributed by atoms with Crippen LogP contribution in [-0.4, -0.2) is 62.9 Å². The van der Waals surface area contributed by atoms with Gasteiger partial charge in [0.2, 0.25) is 5.91 Å². The van der Waals surface area contributed by atoms with Crippen molar-refractivity contribution < 1.29 is 14.3 Å². The molecule has 0 aromatic carbocycles. The summed E-state index contributed by atoms with van der Waals surface area (Å²) in [5, 5.41) is 3.24. The van der Waals surface area contributed by atoms with Crippen LogP contribution >= 0.6 is 0 Å². The Morgan fingerprint density at radius 2 is 2.38 bits per heavy atom. The second-order valence-electron chi connectivity index (χ2n) is 4.33. The summed E-state index contributed by atoms with van der Waals surface area (Å²) in [6.07, 6.45) is 0.187. The molecule has 0 aromatic heterocycles. The van der Waals surface area contributed by atoms with Crippen molar-refractivity contribution in [2.45, 2.75) is 26.1 Å². The fourth-order valence-electron chi connectivity index (χ4n) is 1.49. The molecule has 1 heterocycles. The number of carbonyl (C=O) groups excluding carboxylic acids is 1. The van der Waals surface area contributed by atoms with E-state index in [0.29, 0.717) is 6.54 Å². The van der Waals surface area contributed by atoms with E-state index < -0.39 is 0 Å². The van der Waals surface area contributed by atoms with Crippen molar-refractivity contribution in [2.75, 3.05) is 39.9 Å². The van der Waals surface area contributed by atoms with E-state index in [2.05, 4.69) is 5.32 Å². The highest BCUT2D eigenvalue weighted by Gasteiger charge is 2.18. The van der Waals surface area contributed by atoms with Crippen LogP contribution in [0.15, 0.2) is 0 Å². The van der Waals surface area contributed by atoms with Crippen molar-refractivity contribution in [3.63, 3.8) is 0 Å². The van der Waals surface area contributed by atoms with Crippen LogP contribution < -0.4 is 5.32 Å². The van der Waals surface area contributed by atoms with Gasteiger partial charge in [-0.1, -0.05) is 0 Å². The minimum atomic E-state index is 0.00266. The van der Waals surface area contributed by atoms with Crippen molar-refractivity contribution in [1.82, 2.24) is 10.2 Å². The molecule has 94 valence electrons. The van der Waals surface area contributed by atoms with E-state index in [-0.39, 0.29) is 24.7 Å². The number of rotatable bonds is 5. The lowest BCUT2D eigenvalue weighted by atomic mass is 10.3. The number of nitrogens with one attached hydrogen (secondary N) is 1. The predicted molar refractivity (Wildman–Crippen MR) is 61.3 cm³/mol. The number of morpholine rings is 1. The van der Waals surface area contributed by atoms with E-state index in [1.807, 2.05) is 13.8 Å². The fourth-order valence-corrected chi connectivity index (χ4v) is 1.49. The molecule has 1 atom stereocenters. The van der Waals surface area contributed by atoms with Crippen molar-refractivity contribution >= 4 is 5.91 Å². The van der Waals surface area contributed by atoms with Gasteiger partial charge in [-0.25, -0.2) is 0 Å². The number of likely N-dealkylation sites (N-methyl/N-ethyl adjacent to an activating group) is 1. The van der Waals surface area contributed by atoms with Crippen LogP contribution in [0.1, 0.15) is 13.8 Å². The molecule has 0 aliphatic carbocycles. The Kier molecular flexibility index (Phi) is 5.73. The molecule has 1 fully saturated rings. The quantitative estimate of drug-likeness (QED) is 0.714. The Labute approximate surface area is 97.1 Å². The zero-order chi connectivity index (χ0) is 12.0. The van der Waals surface area contributed by atoms with E-state index in [9.17, 15) is 4.79 Å². The van der Waals surface area contributed by atoms with Crippen LogP contribution in [-0.2, 0) is 14.3 Å².